The molecule has 0 spiro atoms. The molecule has 0 radical (unpaired) electrons. The molecule has 0 bridgehead atoms. The first-order valence-electron chi connectivity index (χ1n) is 8.52. The van der Waals surface area contributed by atoms with E-state index in [0.29, 0.717) is 0 Å². The molecule has 0 amide bonds. The lowest BCUT2D eigenvalue weighted by atomic mass is 9.92. The van der Waals surface area contributed by atoms with Crippen molar-refractivity contribution in [3.05, 3.63) is 76.6 Å². The minimum atomic E-state index is -1.04. The normalized spacial score (nSPS) is 12.9. The van der Waals surface area contributed by atoms with E-state index in [4.69, 9.17) is 10.8 Å². The molecule has 0 saturated heterocycles. The number of hydrogen-bond acceptors (Lipinski definition) is 2. The standard InChI is InChI=1S/C21H24FNO2/c1-3-14-5-6-17(13-15(14)4-2)19(11-12-20(23)21(24)25)16-7-9-18(22)10-8-16/h5-11,13,20H,3-4,12,23H2,1-2H3,(H,24,25)/b19-11+. The highest BCUT2D eigenvalue weighted by molar-refractivity contribution is 5.81. The van der Waals surface area contributed by atoms with Gasteiger partial charge in [-0.15, -0.1) is 0 Å². The van der Waals surface area contributed by atoms with Gasteiger partial charge in [0.15, 0.2) is 0 Å². The Hall–Kier alpha value is -2.46. The molecule has 132 valence electrons. The van der Waals surface area contributed by atoms with Gasteiger partial charge < -0.3 is 10.8 Å². The topological polar surface area (TPSA) is 63.3 Å². The molecule has 1 unspecified atom stereocenters. The second-order valence-electron chi connectivity index (χ2n) is 6.00. The Labute approximate surface area is 148 Å². The average molecular weight is 341 g/mol. The van der Waals surface area contributed by atoms with E-state index in [1.165, 1.54) is 23.3 Å². The van der Waals surface area contributed by atoms with Crippen LogP contribution in [0.1, 0.15) is 42.5 Å². The van der Waals surface area contributed by atoms with Crippen molar-refractivity contribution in [3.8, 4) is 0 Å². The SMILES string of the molecule is CCc1ccc(/C(=C/CC(N)C(=O)O)c2ccc(F)cc2)cc1CC. The fourth-order valence-electron chi connectivity index (χ4n) is 2.84. The first-order valence-corrected chi connectivity index (χ1v) is 8.52. The van der Waals surface area contributed by atoms with E-state index in [1.54, 1.807) is 12.1 Å². The number of rotatable bonds is 7. The van der Waals surface area contributed by atoms with E-state index in [1.807, 2.05) is 12.1 Å². The molecule has 0 saturated carbocycles. The molecular formula is C21H24FNO2. The van der Waals surface area contributed by atoms with Crippen LogP contribution < -0.4 is 5.73 Å². The minimum absolute atomic E-state index is 0.207. The summed E-state index contributed by atoms with van der Waals surface area (Å²) in [5.74, 6) is -1.34. The van der Waals surface area contributed by atoms with E-state index < -0.39 is 12.0 Å². The molecule has 0 aliphatic rings. The molecule has 0 aromatic heterocycles. The first kappa shape index (κ1) is 18.9. The highest BCUT2D eigenvalue weighted by Gasteiger charge is 2.13. The van der Waals surface area contributed by atoms with E-state index in [-0.39, 0.29) is 12.2 Å². The van der Waals surface area contributed by atoms with Crippen LogP contribution in [0.3, 0.4) is 0 Å². The summed E-state index contributed by atoms with van der Waals surface area (Å²) in [5, 5.41) is 9.02. The Balaban J connectivity index is 2.49. The molecule has 2 rings (SSSR count). The maximum absolute atomic E-state index is 13.3. The Morgan fingerprint density at radius 2 is 1.68 bits per heavy atom. The van der Waals surface area contributed by atoms with Crippen LogP contribution >= 0.6 is 0 Å². The van der Waals surface area contributed by atoms with Crippen molar-refractivity contribution < 1.29 is 14.3 Å². The van der Waals surface area contributed by atoms with Crippen LogP contribution in [-0.4, -0.2) is 17.1 Å². The van der Waals surface area contributed by atoms with Crippen molar-refractivity contribution >= 4 is 11.5 Å². The molecule has 0 fully saturated rings. The molecule has 1 atom stereocenters. The lowest BCUT2D eigenvalue weighted by molar-refractivity contribution is -0.138. The van der Waals surface area contributed by atoms with Gasteiger partial charge in [-0.05, 0) is 59.2 Å². The Morgan fingerprint density at radius 3 is 2.24 bits per heavy atom. The summed E-state index contributed by atoms with van der Waals surface area (Å²) in [6.07, 6.45) is 3.91. The van der Waals surface area contributed by atoms with Gasteiger partial charge in [0.05, 0.1) is 0 Å². The largest absolute Gasteiger partial charge is 0.480 e. The Morgan fingerprint density at radius 1 is 1.08 bits per heavy atom. The molecule has 4 heteroatoms. The van der Waals surface area contributed by atoms with E-state index in [0.717, 1.165) is 29.5 Å². The van der Waals surface area contributed by atoms with Gasteiger partial charge in [0.2, 0.25) is 0 Å². The van der Waals surface area contributed by atoms with E-state index in [9.17, 15) is 9.18 Å². The van der Waals surface area contributed by atoms with Gasteiger partial charge >= 0.3 is 5.97 Å². The number of benzene rings is 2. The maximum atomic E-state index is 13.3. The molecule has 25 heavy (non-hydrogen) atoms. The quantitative estimate of drug-likeness (QED) is 0.794. The van der Waals surface area contributed by atoms with Gasteiger partial charge in [0, 0.05) is 0 Å². The van der Waals surface area contributed by atoms with Gasteiger partial charge in [0.1, 0.15) is 11.9 Å². The molecule has 0 aliphatic heterocycles. The fraction of sp³-hybridized carbons (Fsp3) is 0.286. The lowest BCUT2D eigenvalue weighted by Crippen LogP contribution is -2.29. The second-order valence-corrected chi connectivity index (χ2v) is 6.00. The number of aliphatic carboxylic acids is 1. The number of carbonyl (C=O) groups is 1. The number of carboxylic acid groups (broad SMARTS) is 1. The third kappa shape index (κ3) is 4.77. The minimum Gasteiger partial charge on any atom is -0.480 e. The Kier molecular flexibility index (Phi) is 6.48. The summed E-state index contributed by atoms with van der Waals surface area (Å²) in [5.41, 5.74) is 10.9. The molecule has 3 nitrogen and oxygen atoms in total. The van der Waals surface area contributed by atoms with E-state index in [2.05, 4.69) is 26.0 Å². The van der Waals surface area contributed by atoms with Crippen molar-refractivity contribution in [3.63, 3.8) is 0 Å². The summed E-state index contributed by atoms with van der Waals surface area (Å²) in [4.78, 5) is 11.0. The third-order valence-electron chi connectivity index (χ3n) is 4.33. The van der Waals surface area contributed by atoms with Crippen LogP contribution in [0, 0.1) is 5.82 Å². The zero-order valence-corrected chi connectivity index (χ0v) is 14.6. The van der Waals surface area contributed by atoms with Crippen LogP contribution in [0.2, 0.25) is 0 Å². The molecular weight excluding hydrogens is 317 g/mol. The van der Waals surface area contributed by atoms with Gasteiger partial charge in [-0.25, -0.2) is 4.39 Å². The summed E-state index contributed by atoms with van der Waals surface area (Å²) in [6, 6.07) is 11.5. The number of hydrogen-bond donors (Lipinski definition) is 2. The summed E-state index contributed by atoms with van der Waals surface area (Å²) < 4.78 is 13.3. The fourth-order valence-corrected chi connectivity index (χ4v) is 2.84. The monoisotopic (exact) mass is 341 g/mol. The lowest BCUT2D eigenvalue weighted by Gasteiger charge is -2.14. The highest BCUT2D eigenvalue weighted by atomic mass is 19.1. The van der Waals surface area contributed by atoms with Crippen molar-refractivity contribution in [2.75, 3.05) is 0 Å². The zero-order chi connectivity index (χ0) is 18.4. The third-order valence-corrected chi connectivity index (χ3v) is 4.33. The van der Waals surface area contributed by atoms with Gasteiger partial charge in [-0.1, -0.05) is 50.3 Å². The number of carboxylic acids is 1. The van der Waals surface area contributed by atoms with Crippen LogP contribution in [0.25, 0.3) is 5.57 Å². The summed E-state index contributed by atoms with van der Waals surface area (Å²) in [6.45, 7) is 4.23. The van der Waals surface area contributed by atoms with Crippen LogP contribution in [-0.2, 0) is 17.6 Å². The van der Waals surface area contributed by atoms with Crippen molar-refractivity contribution in [1.29, 1.82) is 0 Å². The summed E-state index contributed by atoms with van der Waals surface area (Å²) >= 11 is 0. The average Bonchev–Trinajstić information content (AvgIpc) is 2.62. The molecule has 2 aromatic rings. The second kappa shape index (κ2) is 8.58. The van der Waals surface area contributed by atoms with Crippen molar-refractivity contribution in [2.24, 2.45) is 5.73 Å². The van der Waals surface area contributed by atoms with Gasteiger partial charge in [-0.2, -0.15) is 0 Å². The Bertz CT molecular complexity index is 766. The first-order chi connectivity index (χ1) is 12.0. The summed E-state index contributed by atoms with van der Waals surface area (Å²) in [7, 11) is 0. The molecule has 0 aliphatic carbocycles. The van der Waals surface area contributed by atoms with Gasteiger partial charge in [-0.3, -0.25) is 4.79 Å². The maximum Gasteiger partial charge on any atom is 0.320 e. The van der Waals surface area contributed by atoms with Crippen molar-refractivity contribution in [1.82, 2.24) is 0 Å². The zero-order valence-electron chi connectivity index (χ0n) is 14.6. The highest BCUT2D eigenvalue weighted by Crippen LogP contribution is 2.27. The predicted octanol–water partition coefficient (Wildman–Crippen LogP) is 4.18. The van der Waals surface area contributed by atoms with Crippen LogP contribution in [0.4, 0.5) is 4.39 Å². The number of aryl methyl sites for hydroxylation is 2. The smallest absolute Gasteiger partial charge is 0.320 e. The van der Waals surface area contributed by atoms with Gasteiger partial charge in [0.25, 0.3) is 0 Å². The predicted molar refractivity (Wildman–Crippen MR) is 98.9 cm³/mol. The molecule has 2 aromatic carbocycles. The van der Waals surface area contributed by atoms with Crippen molar-refractivity contribution in [2.45, 2.75) is 39.2 Å². The van der Waals surface area contributed by atoms with Crippen LogP contribution in [0.5, 0.6) is 0 Å². The van der Waals surface area contributed by atoms with E-state index >= 15 is 0 Å². The van der Waals surface area contributed by atoms with Crippen LogP contribution in [0.15, 0.2) is 48.5 Å². The molecule has 0 heterocycles. The molecule has 3 N–H and O–H groups in total. The number of halogens is 1. The number of nitrogens with two attached hydrogens (primary N) is 1.